The van der Waals surface area contributed by atoms with E-state index in [0.717, 1.165) is 0 Å². The molecule has 0 aromatic heterocycles. The van der Waals surface area contributed by atoms with Gasteiger partial charge in [0.15, 0.2) is 9.84 Å². The van der Waals surface area contributed by atoms with Gasteiger partial charge in [0.25, 0.3) is 0 Å². The maximum Gasteiger partial charge on any atom is 0.180 e. The van der Waals surface area contributed by atoms with Crippen molar-refractivity contribution in [2.24, 2.45) is 11.8 Å². The van der Waals surface area contributed by atoms with Gasteiger partial charge in [-0.05, 0) is 11.8 Å². The van der Waals surface area contributed by atoms with Crippen LogP contribution in [0.25, 0.3) is 0 Å². The number of hydrogen-bond acceptors (Lipinski definition) is 3. The first-order valence-electron chi connectivity index (χ1n) is 3.60. The van der Waals surface area contributed by atoms with Crippen LogP contribution in [0.1, 0.15) is 13.8 Å². The fraction of sp³-hybridized carbons (Fsp3) is 1.00. The van der Waals surface area contributed by atoms with Crippen LogP contribution in [0.5, 0.6) is 0 Å². The molecule has 3 saturated heterocycles. The van der Waals surface area contributed by atoms with Crippen molar-refractivity contribution in [2.75, 3.05) is 0 Å². The molecule has 0 aliphatic carbocycles. The summed E-state index contributed by atoms with van der Waals surface area (Å²) < 4.78 is 32.6. The minimum Gasteiger partial charge on any atom is -0.257 e. The number of rotatable bonds is 0. The maximum atomic E-state index is 11.2. The topological polar surface area (TPSA) is 51.2 Å². The lowest BCUT2D eigenvalue weighted by Crippen LogP contribution is -2.45. The molecule has 0 aromatic rings. The largest absolute Gasteiger partial charge is 0.257 e. The Kier molecular flexibility index (Phi) is 1.32. The Hall–Kier alpha value is 0.1000. The van der Waals surface area contributed by atoms with Crippen molar-refractivity contribution in [1.29, 1.82) is 0 Å². The normalized spacial score (nSPS) is 58.9. The first-order valence-corrected chi connectivity index (χ1v) is 6.48. The zero-order valence-corrected chi connectivity index (χ0v) is 7.98. The van der Waals surface area contributed by atoms with E-state index in [-0.39, 0.29) is 11.8 Å². The second-order valence-electron chi connectivity index (χ2n) is 3.37. The molecule has 0 saturated carbocycles. The van der Waals surface area contributed by atoms with Gasteiger partial charge in [0.05, 0.1) is 10.8 Å². The van der Waals surface area contributed by atoms with Crippen LogP contribution in [0.15, 0.2) is 0 Å². The van der Waals surface area contributed by atoms with Crippen LogP contribution in [0.3, 0.4) is 0 Å². The molecular formula is C6H10O3S2. The van der Waals surface area contributed by atoms with Crippen LogP contribution in [0.4, 0.5) is 0 Å². The average molecular weight is 194 g/mol. The molecule has 0 amide bonds. The van der Waals surface area contributed by atoms with E-state index in [9.17, 15) is 12.6 Å². The molecular weight excluding hydrogens is 184 g/mol. The first kappa shape index (κ1) is 7.73. The second kappa shape index (κ2) is 1.88. The molecule has 2 bridgehead atoms. The van der Waals surface area contributed by atoms with Gasteiger partial charge in [-0.2, -0.15) is 0 Å². The van der Waals surface area contributed by atoms with Crippen molar-refractivity contribution < 1.29 is 12.6 Å². The van der Waals surface area contributed by atoms with Gasteiger partial charge in [0.2, 0.25) is 0 Å². The van der Waals surface area contributed by atoms with Crippen molar-refractivity contribution in [3.63, 3.8) is 0 Å². The standard InChI is InChI=1S/C6H10O3S2/c1-3-4(2)6-10(7)5(3)11(6,8)9/h3-6H,1-2H3/t3-,4-,5-,6+,10?/m1/s1. The summed E-state index contributed by atoms with van der Waals surface area (Å²) in [6.07, 6.45) is 0. The molecule has 5 heteroatoms. The van der Waals surface area contributed by atoms with Crippen molar-refractivity contribution >= 4 is 20.6 Å². The van der Waals surface area contributed by atoms with E-state index in [2.05, 4.69) is 0 Å². The second-order valence-corrected chi connectivity index (χ2v) is 7.84. The molecule has 3 nitrogen and oxygen atoms in total. The fourth-order valence-electron chi connectivity index (χ4n) is 1.99. The highest BCUT2D eigenvalue weighted by Crippen LogP contribution is 2.51. The fourth-order valence-corrected chi connectivity index (χ4v) is 8.28. The van der Waals surface area contributed by atoms with Crippen LogP contribution < -0.4 is 0 Å². The summed E-state index contributed by atoms with van der Waals surface area (Å²) in [5, 5.41) is 0. The number of sulfone groups is 1. The summed E-state index contributed by atoms with van der Waals surface area (Å²) in [4.78, 5) is 0. The summed E-state index contributed by atoms with van der Waals surface area (Å²) in [6, 6.07) is 0. The Balaban J connectivity index is 2.54. The van der Waals surface area contributed by atoms with E-state index < -0.39 is 29.8 Å². The maximum absolute atomic E-state index is 11.2. The summed E-state index contributed by atoms with van der Waals surface area (Å²) in [6.45, 7) is 3.75. The zero-order valence-electron chi connectivity index (χ0n) is 6.35. The minimum atomic E-state index is -2.98. The molecule has 3 heterocycles. The Morgan fingerprint density at radius 3 is 1.55 bits per heavy atom. The highest BCUT2D eigenvalue weighted by molar-refractivity contribution is 8.23. The van der Waals surface area contributed by atoms with Gasteiger partial charge in [-0.1, -0.05) is 13.8 Å². The van der Waals surface area contributed by atoms with Crippen LogP contribution >= 0.6 is 0 Å². The number of fused-ring (bicyclic) bond motifs is 1. The highest BCUT2D eigenvalue weighted by atomic mass is 32.3. The SMILES string of the molecule is C[C@@H]1[C@@H](C)[C@H]2S(=O)[C@@H]1S2(=O)=O. The molecule has 3 aliphatic rings. The van der Waals surface area contributed by atoms with Gasteiger partial charge in [0.1, 0.15) is 9.16 Å². The molecule has 64 valence electrons. The summed E-state index contributed by atoms with van der Waals surface area (Å²) in [5.74, 6) is 0.177. The lowest BCUT2D eigenvalue weighted by molar-refractivity contribution is 0.491. The Bertz CT molecular complexity index is 295. The summed E-state index contributed by atoms with van der Waals surface area (Å²) >= 11 is 0. The Labute approximate surface area is 68.6 Å². The van der Waals surface area contributed by atoms with Gasteiger partial charge < -0.3 is 0 Å². The van der Waals surface area contributed by atoms with Crippen molar-refractivity contribution in [3.8, 4) is 0 Å². The molecule has 0 radical (unpaired) electrons. The third kappa shape index (κ3) is 0.643. The van der Waals surface area contributed by atoms with E-state index >= 15 is 0 Å². The van der Waals surface area contributed by atoms with E-state index in [1.165, 1.54) is 0 Å². The minimum absolute atomic E-state index is 0.0887. The lowest BCUT2D eigenvalue weighted by atomic mass is 10.0. The number of hydrogen-bond donors (Lipinski definition) is 0. The van der Waals surface area contributed by atoms with Crippen LogP contribution in [-0.4, -0.2) is 21.8 Å². The lowest BCUT2D eigenvalue weighted by Gasteiger charge is -2.24. The van der Waals surface area contributed by atoms with Gasteiger partial charge in [-0.15, -0.1) is 0 Å². The third-order valence-electron chi connectivity index (χ3n) is 2.79. The van der Waals surface area contributed by atoms with E-state index in [0.29, 0.717) is 0 Å². The zero-order chi connectivity index (χ0) is 8.39. The van der Waals surface area contributed by atoms with E-state index in [4.69, 9.17) is 0 Å². The quantitative estimate of drug-likeness (QED) is 0.549. The molecule has 0 N–H and O–H groups in total. The molecule has 0 aromatic carbocycles. The molecule has 0 spiro atoms. The molecule has 1 unspecified atom stereocenters. The molecule has 11 heavy (non-hydrogen) atoms. The third-order valence-corrected chi connectivity index (χ3v) is 9.47. The Morgan fingerprint density at radius 2 is 1.45 bits per heavy atom. The molecule has 3 fully saturated rings. The smallest absolute Gasteiger partial charge is 0.180 e. The van der Waals surface area contributed by atoms with Gasteiger partial charge in [-0.25, -0.2) is 8.42 Å². The predicted octanol–water partition coefficient (Wildman–Crippen LogP) is 0.102. The predicted molar refractivity (Wildman–Crippen MR) is 43.0 cm³/mol. The van der Waals surface area contributed by atoms with Crippen molar-refractivity contribution in [3.05, 3.63) is 0 Å². The van der Waals surface area contributed by atoms with Crippen LogP contribution in [0, 0.1) is 11.8 Å². The van der Waals surface area contributed by atoms with Gasteiger partial charge in [-0.3, -0.25) is 4.21 Å². The average Bonchev–Trinajstić information content (AvgIpc) is 2.15. The molecule has 3 aliphatic heterocycles. The first-order chi connectivity index (χ1) is 4.98. The van der Waals surface area contributed by atoms with Crippen molar-refractivity contribution in [1.82, 2.24) is 0 Å². The van der Waals surface area contributed by atoms with Crippen molar-refractivity contribution in [2.45, 2.75) is 23.0 Å². The van der Waals surface area contributed by atoms with E-state index in [1.54, 1.807) is 0 Å². The van der Waals surface area contributed by atoms with E-state index in [1.807, 2.05) is 13.8 Å². The summed E-state index contributed by atoms with van der Waals surface area (Å²) in [7, 11) is -4.06. The molecule has 5 atom stereocenters. The van der Waals surface area contributed by atoms with Crippen LogP contribution in [-0.2, 0) is 20.6 Å². The van der Waals surface area contributed by atoms with Crippen LogP contribution in [0.2, 0.25) is 0 Å². The monoisotopic (exact) mass is 194 g/mol. The Morgan fingerprint density at radius 1 is 1.09 bits per heavy atom. The highest BCUT2D eigenvalue weighted by Gasteiger charge is 2.67. The van der Waals surface area contributed by atoms with Gasteiger partial charge in [0, 0.05) is 0 Å². The molecule has 3 rings (SSSR count). The van der Waals surface area contributed by atoms with Gasteiger partial charge >= 0.3 is 0 Å². The summed E-state index contributed by atoms with van der Waals surface area (Å²) in [5.41, 5.74) is 0.